The SMILES string of the molecule is CCCC(CCO)CNC(=NCC1(OC)CCOCC1)NCC. The van der Waals surface area contributed by atoms with Crippen molar-refractivity contribution in [2.75, 3.05) is 46.6 Å². The number of nitrogens with zero attached hydrogens (tertiary/aromatic N) is 1. The normalized spacial score (nSPS) is 19.4. The molecule has 23 heavy (non-hydrogen) atoms. The number of aliphatic imine (C=N–C) groups is 1. The Hall–Kier alpha value is -0.850. The Bertz CT molecular complexity index is 325. The minimum absolute atomic E-state index is 0.200. The summed E-state index contributed by atoms with van der Waals surface area (Å²) < 4.78 is 11.2. The summed E-state index contributed by atoms with van der Waals surface area (Å²) in [5, 5.41) is 15.9. The Kier molecular flexibility index (Phi) is 10.2. The van der Waals surface area contributed by atoms with Crippen LogP contribution in [-0.2, 0) is 9.47 Å². The van der Waals surface area contributed by atoms with Crippen molar-refractivity contribution >= 4 is 5.96 Å². The molecule has 0 amide bonds. The van der Waals surface area contributed by atoms with E-state index in [-0.39, 0.29) is 12.2 Å². The van der Waals surface area contributed by atoms with Crippen molar-refractivity contribution in [3.8, 4) is 0 Å². The number of nitrogens with one attached hydrogen (secondary N) is 2. The molecule has 1 aliphatic heterocycles. The second-order valence-electron chi connectivity index (χ2n) is 6.24. The standard InChI is InChI=1S/C17H35N3O3/c1-4-6-15(7-10-21)13-19-16(18-5-2)20-14-17(22-3)8-11-23-12-9-17/h15,21H,4-14H2,1-3H3,(H2,18,19,20). The zero-order valence-electron chi connectivity index (χ0n) is 15.1. The number of hydrogen-bond donors (Lipinski definition) is 3. The van der Waals surface area contributed by atoms with E-state index in [1.54, 1.807) is 7.11 Å². The van der Waals surface area contributed by atoms with Gasteiger partial charge in [-0.1, -0.05) is 13.3 Å². The van der Waals surface area contributed by atoms with Gasteiger partial charge >= 0.3 is 0 Å². The monoisotopic (exact) mass is 329 g/mol. The molecule has 1 saturated heterocycles. The van der Waals surface area contributed by atoms with Crippen LogP contribution in [0.5, 0.6) is 0 Å². The van der Waals surface area contributed by atoms with E-state index in [1.807, 2.05) is 0 Å². The second kappa shape index (κ2) is 11.6. The molecule has 1 fully saturated rings. The predicted molar refractivity (Wildman–Crippen MR) is 93.9 cm³/mol. The molecule has 0 aromatic rings. The van der Waals surface area contributed by atoms with Crippen LogP contribution >= 0.6 is 0 Å². The molecule has 6 nitrogen and oxygen atoms in total. The predicted octanol–water partition coefficient (Wildman–Crippen LogP) is 1.54. The van der Waals surface area contributed by atoms with Gasteiger partial charge in [0, 0.05) is 52.9 Å². The van der Waals surface area contributed by atoms with Gasteiger partial charge in [-0.05, 0) is 25.7 Å². The van der Waals surface area contributed by atoms with Gasteiger partial charge in [0.15, 0.2) is 5.96 Å². The highest BCUT2D eigenvalue weighted by molar-refractivity contribution is 5.79. The Labute approximate surface area is 141 Å². The average Bonchev–Trinajstić information content (AvgIpc) is 2.58. The van der Waals surface area contributed by atoms with Gasteiger partial charge in [-0.15, -0.1) is 0 Å². The van der Waals surface area contributed by atoms with Gasteiger partial charge in [0.2, 0.25) is 0 Å². The Morgan fingerprint density at radius 3 is 2.57 bits per heavy atom. The summed E-state index contributed by atoms with van der Waals surface area (Å²) in [7, 11) is 1.76. The summed E-state index contributed by atoms with van der Waals surface area (Å²) in [6, 6.07) is 0. The number of aliphatic hydroxyl groups is 1. The summed E-state index contributed by atoms with van der Waals surface area (Å²) in [4.78, 5) is 4.72. The van der Waals surface area contributed by atoms with E-state index in [0.717, 1.165) is 64.4 Å². The highest BCUT2D eigenvalue weighted by Gasteiger charge is 2.32. The number of methoxy groups -OCH3 is 1. The molecule has 1 aliphatic rings. The van der Waals surface area contributed by atoms with Crippen molar-refractivity contribution < 1.29 is 14.6 Å². The van der Waals surface area contributed by atoms with E-state index in [0.29, 0.717) is 12.5 Å². The zero-order chi connectivity index (χ0) is 17.0. The Morgan fingerprint density at radius 1 is 1.26 bits per heavy atom. The molecule has 3 N–H and O–H groups in total. The maximum absolute atomic E-state index is 9.17. The van der Waals surface area contributed by atoms with Crippen LogP contribution in [0.1, 0.15) is 46.0 Å². The van der Waals surface area contributed by atoms with E-state index in [1.165, 1.54) is 0 Å². The third kappa shape index (κ3) is 7.50. The van der Waals surface area contributed by atoms with Gasteiger partial charge in [0.05, 0.1) is 12.1 Å². The number of hydrogen-bond acceptors (Lipinski definition) is 4. The molecule has 0 spiro atoms. The average molecular weight is 329 g/mol. The number of rotatable bonds is 10. The molecule has 0 aromatic carbocycles. The van der Waals surface area contributed by atoms with Crippen molar-refractivity contribution in [1.29, 1.82) is 0 Å². The fourth-order valence-corrected chi connectivity index (χ4v) is 2.92. The van der Waals surface area contributed by atoms with Crippen LogP contribution in [-0.4, -0.2) is 63.2 Å². The van der Waals surface area contributed by atoms with E-state index in [9.17, 15) is 0 Å². The van der Waals surface area contributed by atoms with Gasteiger partial charge in [0.25, 0.3) is 0 Å². The Morgan fingerprint density at radius 2 is 2.00 bits per heavy atom. The minimum atomic E-state index is -0.200. The maximum atomic E-state index is 9.17. The maximum Gasteiger partial charge on any atom is 0.191 e. The van der Waals surface area contributed by atoms with Crippen LogP contribution in [0.15, 0.2) is 4.99 Å². The van der Waals surface area contributed by atoms with E-state index >= 15 is 0 Å². The third-order valence-corrected chi connectivity index (χ3v) is 4.50. The lowest BCUT2D eigenvalue weighted by Gasteiger charge is -2.34. The van der Waals surface area contributed by atoms with Gasteiger partial charge in [-0.25, -0.2) is 0 Å². The van der Waals surface area contributed by atoms with Crippen molar-refractivity contribution in [3.05, 3.63) is 0 Å². The first-order valence-electron chi connectivity index (χ1n) is 8.95. The summed E-state index contributed by atoms with van der Waals surface area (Å²) >= 11 is 0. The number of guanidine groups is 1. The van der Waals surface area contributed by atoms with Gasteiger partial charge < -0.3 is 25.2 Å². The van der Waals surface area contributed by atoms with Gasteiger partial charge in [-0.3, -0.25) is 4.99 Å². The van der Waals surface area contributed by atoms with Crippen LogP contribution in [0.25, 0.3) is 0 Å². The van der Waals surface area contributed by atoms with Crippen LogP contribution in [0.2, 0.25) is 0 Å². The summed E-state index contributed by atoms with van der Waals surface area (Å²) in [6.45, 7) is 8.26. The van der Waals surface area contributed by atoms with E-state index in [4.69, 9.17) is 19.6 Å². The molecule has 1 rings (SSSR count). The lowest BCUT2D eigenvalue weighted by molar-refractivity contribution is -0.0828. The minimum Gasteiger partial charge on any atom is -0.396 e. The number of aliphatic hydroxyl groups excluding tert-OH is 1. The Balaban J connectivity index is 2.57. The molecule has 0 aliphatic carbocycles. The van der Waals surface area contributed by atoms with Crippen molar-refractivity contribution in [2.24, 2.45) is 10.9 Å². The molecule has 1 heterocycles. The lowest BCUT2D eigenvalue weighted by Crippen LogP contribution is -2.44. The molecule has 136 valence electrons. The van der Waals surface area contributed by atoms with Crippen molar-refractivity contribution in [3.63, 3.8) is 0 Å². The first kappa shape index (κ1) is 20.2. The third-order valence-electron chi connectivity index (χ3n) is 4.50. The second-order valence-corrected chi connectivity index (χ2v) is 6.24. The lowest BCUT2D eigenvalue weighted by atomic mass is 9.94. The van der Waals surface area contributed by atoms with Crippen LogP contribution in [0, 0.1) is 5.92 Å². The highest BCUT2D eigenvalue weighted by Crippen LogP contribution is 2.24. The van der Waals surface area contributed by atoms with E-state index < -0.39 is 0 Å². The van der Waals surface area contributed by atoms with Crippen LogP contribution < -0.4 is 10.6 Å². The van der Waals surface area contributed by atoms with E-state index in [2.05, 4.69) is 24.5 Å². The first-order valence-corrected chi connectivity index (χ1v) is 8.95. The molecular formula is C17H35N3O3. The summed E-state index contributed by atoms with van der Waals surface area (Å²) in [5.74, 6) is 1.31. The highest BCUT2D eigenvalue weighted by atomic mass is 16.5. The van der Waals surface area contributed by atoms with Crippen LogP contribution in [0.4, 0.5) is 0 Å². The number of ether oxygens (including phenoxy) is 2. The van der Waals surface area contributed by atoms with Gasteiger partial charge in [0.1, 0.15) is 0 Å². The van der Waals surface area contributed by atoms with Crippen molar-refractivity contribution in [1.82, 2.24) is 10.6 Å². The largest absolute Gasteiger partial charge is 0.396 e. The van der Waals surface area contributed by atoms with Crippen LogP contribution in [0.3, 0.4) is 0 Å². The molecule has 0 bridgehead atoms. The summed E-state index contributed by atoms with van der Waals surface area (Å²) in [5.41, 5.74) is -0.200. The molecule has 0 radical (unpaired) electrons. The molecule has 1 atom stereocenters. The quantitative estimate of drug-likeness (QED) is 0.419. The molecule has 1 unspecified atom stereocenters. The first-order chi connectivity index (χ1) is 11.2. The molecule has 0 aromatic heterocycles. The molecular weight excluding hydrogens is 294 g/mol. The zero-order valence-corrected chi connectivity index (χ0v) is 15.1. The molecule has 0 saturated carbocycles. The fourth-order valence-electron chi connectivity index (χ4n) is 2.92. The smallest absolute Gasteiger partial charge is 0.191 e. The topological polar surface area (TPSA) is 75.1 Å². The fraction of sp³-hybridized carbons (Fsp3) is 0.941. The molecule has 6 heteroatoms. The van der Waals surface area contributed by atoms with Gasteiger partial charge in [-0.2, -0.15) is 0 Å². The summed E-state index contributed by atoms with van der Waals surface area (Å²) in [6.07, 6.45) is 4.85. The van der Waals surface area contributed by atoms with Crippen molar-refractivity contribution in [2.45, 2.75) is 51.6 Å².